The third-order valence-corrected chi connectivity index (χ3v) is 6.17. The van der Waals surface area contributed by atoms with Crippen molar-refractivity contribution in [2.45, 2.75) is 18.9 Å². The maximum absolute atomic E-state index is 13.4. The van der Waals surface area contributed by atoms with Crippen molar-refractivity contribution in [1.29, 1.82) is 0 Å². The molecule has 2 heterocycles. The summed E-state index contributed by atoms with van der Waals surface area (Å²) in [6.45, 7) is 1.09. The molecule has 2 aliphatic rings. The van der Waals surface area contributed by atoms with Gasteiger partial charge in [0.2, 0.25) is 12.5 Å². The molecule has 7 nitrogen and oxygen atoms in total. The molecule has 0 radical (unpaired) electrons. The first-order valence-corrected chi connectivity index (χ1v) is 9.97. The van der Waals surface area contributed by atoms with Crippen LogP contribution in [0.5, 0.6) is 28.7 Å². The molecule has 0 unspecified atom stereocenters. The van der Waals surface area contributed by atoms with Gasteiger partial charge in [0.05, 0.1) is 59.5 Å². The molecule has 0 spiro atoms. The van der Waals surface area contributed by atoms with Crippen LogP contribution >= 0.6 is 0 Å². The first kappa shape index (κ1) is 20.3. The Balaban J connectivity index is 1.75. The molecule has 0 amide bonds. The average Bonchev–Trinajstić information content (AvgIpc) is 3.21. The van der Waals surface area contributed by atoms with Gasteiger partial charge in [0.15, 0.2) is 17.3 Å². The fraction of sp³-hybridized carbons (Fsp3) is 0.435. The number of benzene rings is 2. The molecule has 2 aliphatic heterocycles. The van der Waals surface area contributed by atoms with Crippen LogP contribution in [0, 0.1) is 0 Å². The number of hydrogen-bond donors (Lipinski definition) is 0. The lowest BCUT2D eigenvalue weighted by Crippen LogP contribution is -2.48. The lowest BCUT2D eigenvalue weighted by atomic mass is 9.85. The summed E-state index contributed by atoms with van der Waals surface area (Å²) >= 11 is 0. The minimum atomic E-state index is -0.0856. The molecule has 2 aromatic rings. The number of Topliss-reactive ketones (excluding diaryl/α,β-unsaturated/α-hetero) is 1. The van der Waals surface area contributed by atoms with E-state index in [9.17, 15) is 4.79 Å². The minimum absolute atomic E-state index is 0.0123. The highest BCUT2D eigenvalue weighted by molar-refractivity contribution is 5.99. The summed E-state index contributed by atoms with van der Waals surface area (Å²) in [5.74, 6) is 3.18. The summed E-state index contributed by atoms with van der Waals surface area (Å²) in [5, 5.41) is 0. The van der Waals surface area contributed by atoms with Crippen molar-refractivity contribution in [2.75, 3.05) is 48.8 Å². The predicted octanol–water partition coefficient (Wildman–Crippen LogP) is 3.39. The second-order valence-electron chi connectivity index (χ2n) is 8.18. The Kier molecular flexibility index (Phi) is 5.24. The van der Waals surface area contributed by atoms with Crippen LogP contribution in [0.15, 0.2) is 24.3 Å². The van der Waals surface area contributed by atoms with Gasteiger partial charge in [-0.05, 0) is 23.8 Å². The molecule has 4 rings (SSSR count). The van der Waals surface area contributed by atoms with E-state index in [4.69, 9.17) is 23.7 Å². The van der Waals surface area contributed by atoms with Gasteiger partial charge >= 0.3 is 0 Å². The molecule has 0 aliphatic carbocycles. The number of carbonyl (C=O) groups excluding carboxylic acids is 1. The van der Waals surface area contributed by atoms with E-state index in [-0.39, 0.29) is 18.6 Å². The molecular formula is C23H28NO6+. The Labute approximate surface area is 176 Å². The summed E-state index contributed by atoms with van der Waals surface area (Å²) in [7, 11) is 9.08. The minimum Gasteiger partial charge on any atom is -0.497 e. The van der Waals surface area contributed by atoms with E-state index in [0.29, 0.717) is 45.2 Å². The molecule has 0 aromatic heterocycles. The van der Waals surface area contributed by atoms with E-state index < -0.39 is 0 Å². The summed E-state index contributed by atoms with van der Waals surface area (Å²) < 4.78 is 28.4. The normalized spacial score (nSPS) is 18.5. The third kappa shape index (κ3) is 3.33. The molecule has 0 N–H and O–H groups in total. The van der Waals surface area contributed by atoms with Crippen molar-refractivity contribution < 1.29 is 33.0 Å². The van der Waals surface area contributed by atoms with Crippen molar-refractivity contribution in [1.82, 2.24) is 0 Å². The molecule has 1 atom stereocenters. The predicted molar refractivity (Wildman–Crippen MR) is 111 cm³/mol. The Hall–Kier alpha value is -2.93. The van der Waals surface area contributed by atoms with Gasteiger partial charge in [0, 0.05) is 12.5 Å². The molecule has 0 bridgehead atoms. The van der Waals surface area contributed by atoms with Gasteiger partial charge < -0.3 is 28.2 Å². The average molecular weight is 414 g/mol. The van der Waals surface area contributed by atoms with E-state index in [1.807, 2.05) is 6.07 Å². The maximum atomic E-state index is 13.4. The molecule has 2 aromatic carbocycles. The maximum Gasteiger partial charge on any atom is 0.231 e. The number of fused-ring (bicyclic) bond motifs is 2. The smallest absolute Gasteiger partial charge is 0.231 e. The van der Waals surface area contributed by atoms with Crippen LogP contribution in [0.1, 0.15) is 33.9 Å². The van der Waals surface area contributed by atoms with Gasteiger partial charge in [0.25, 0.3) is 0 Å². The number of nitrogens with zero attached hydrogens (tertiary/aromatic N) is 1. The van der Waals surface area contributed by atoms with Crippen molar-refractivity contribution in [3.05, 3.63) is 41.0 Å². The highest BCUT2D eigenvalue weighted by Crippen LogP contribution is 2.51. The summed E-state index contributed by atoms with van der Waals surface area (Å²) in [5.41, 5.74) is 2.72. The van der Waals surface area contributed by atoms with E-state index in [1.165, 1.54) is 0 Å². The van der Waals surface area contributed by atoms with Gasteiger partial charge in [-0.25, -0.2) is 0 Å². The zero-order valence-electron chi connectivity index (χ0n) is 18.1. The Morgan fingerprint density at radius 2 is 1.90 bits per heavy atom. The lowest BCUT2D eigenvalue weighted by Gasteiger charge is -2.43. The van der Waals surface area contributed by atoms with E-state index in [2.05, 4.69) is 14.1 Å². The van der Waals surface area contributed by atoms with Gasteiger partial charge in [-0.3, -0.25) is 4.79 Å². The molecular weight excluding hydrogens is 386 g/mol. The first-order valence-electron chi connectivity index (χ1n) is 9.97. The van der Waals surface area contributed by atoms with Crippen LogP contribution < -0.4 is 23.7 Å². The molecule has 160 valence electrons. The molecule has 0 saturated carbocycles. The summed E-state index contributed by atoms with van der Waals surface area (Å²) in [6, 6.07) is 7.23. The van der Waals surface area contributed by atoms with E-state index >= 15 is 0 Å². The number of carbonyl (C=O) groups is 1. The molecule has 0 saturated heterocycles. The lowest BCUT2D eigenvalue weighted by molar-refractivity contribution is -0.922. The molecule has 7 heteroatoms. The van der Waals surface area contributed by atoms with Crippen LogP contribution in [-0.4, -0.2) is 59.0 Å². The van der Waals surface area contributed by atoms with Gasteiger partial charge in [-0.15, -0.1) is 0 Å². The number of methoxy groups -OCH3 is 3. The Morgan fingerprint density at radius 1 is 1.10 bits per heavy atom. The van der Waals surface area contributed by atoms with Crippen LogP contribution in [0.2, 0.25) is 0 Å². The van der Waals surface area contributed by atoms with Crippen LogP contribution in [-0.2, 0) is 6.42 Å². The van der Waals surface area contributed by atoms with Crippen LogP contribution in [0.4, 0.5) is 0 Å². The van der Waals surface area contributed by atoms with Gasteiger partial charge in [-0.2, -0.15) is 0 Å². The van der Waals surface area contributed by atoms with Gasteiger partial charge in [0.1, 0.15) is 17.5 Å². The van der Waals surface area contributed by atoms with Crippen molar-refractivity contribution >= 4 is 5.78 Å². The number of hydrogen-bond acceptors (Lipinski definition) is 6. The SMILES string of the molecule is COc1ccc(C(=O)C[C@H]2c3c(cc4c(c3OC)OCO4)CC[N+]2(C)C)c(OC)c1. The second-order valence-corrected chi connectivity index (χ2v) is 8.18. The van der Waals surface area contributed by atoms with Crippen LogP contribution in [0.3, 0.4) is 0 Å². The quantitative estimate of drug-likeness (QED) is 0.533. The Morgan fingerprint density at radius 3 is 2.60 bits per heavy atom. The van der Waals surface area contributed by atoms with Crippen LogP contribution in [0.25, 0.3) is 0 Å². The van der Waals surface area contributed by atoms with Crippen molar-refractivity contribution in [3.63, 3.8) is 0 Å². The first-order chi connectivity index (χ1) is 14.4. The number of ketones is 1. The zero-order chi connectivity index (χ0) is 21.5. The number of quaternary nitrogens is 1. The van der Waals surface area contributed by atoms with E-state index in [1.54, 1.807) is 39.5 Å². The van der Waals surface area contributed by atoms with E-state index in [0.717, 1.165) is 24.1 Å². The summed E-state index contributed by atoms with van der Waals surface area (Å²) in [6.07, 6.45) is 1.20. The molecule has 30 heavy (non-hydrogen) atoms. The number of likely N-dealkylation sites (N-methyl/N-ethyl adjacent to an activating group) is 1. The number of ether oxygens (including phenoxy) is 5. The Bertz CT molecular complexity index is 984. The fourth-order valence-corrected chi connectivity index (χ4v) is 4.43. The van der Waals surface area contributed by atoms with Gasteiger partial charge in [-0.1, -0.05) is 0 Å². The highest BCUT2D eigenvalue weighted by Gasteiger charge is 2.42. The highest BCUT2D eigenvalue weighted by atomic mass is 16.7. The monoisotopic (exact) mass is 414 g/mol. The standard InChI is InChI=1S/C23H28NO6/c1-24(2)9-8-14-10-20-22(30-13-29-20)23(28-5)21(14)17(24)12-18(25)16-7-6-15(26-3)11-19(16)27-4/h6-7,10-11,17H,8-9,12-13H2,1-5H3/q+1/t17-/m0/s1. The van der Waals surface area contributed by atoms with Crippen molar-refractivity contribution in [3.8, 4) is 28.7 Å². The largest absolute Gasteiger partial charge is 0.497 e. The molecule has 0 fully saturated rings. The third-order valence-electron chi connectivity index (χ3n) is 6.17. The van der Waals surface area contributed by atoms with Crippen molar-refractivity contribution in [2.24, 2.45) is 0 Å². The second kappa shape index (κ2) is 7.72. The topological polar surface area (TPSA) is 63.2 Å². The number of rotatable bonds is 6. The zero-order valence-corrected chi connectivity index (χ0v) is 18.1. The fourth-order valence-electron chi connectivity index (χ4n) is 4.43. The summed E-state index contributed by atoms with van der Waals surface area (Å²) in [4.78, 5) is 13.4.